The van der Waals surface area contributed by atoms with Gasteiger partial charge in [-0.3, -0.25) is 14.3 Å². The Morgan fingerprint density at radius 1 is 1.38 bits per heavy atom. The molecule has 7 nitrogen and oxygen atoms in total. The number of aryl methyl sites for hydroxylation is 1. The van der Waals surface area contributed by atoms with E-state index in [9.17, 15) is 4.79 Å². The number of carbonyl (C=O) groups is 1. The highest BCUT2D eigenvalue weighted by molar-refractivity contribution is 8.00. The molecule has 0 saturated carbocycles. The van der Waals surface area contributed by atoms with Crippen LogP contribution in [0.15, 0.2) is 60.5 Å². The number of nitrogens with one attached hydrogen (secondary N) is 1. The minimum Gasteiger partial charge on any atom is -0.495 e. The Labute approximate surface area is 174 Å². The number of ether oxygens (including phenoxy) is 1. The first-order chi connectivity index (χ1) is 14.0. The Hall–Kier alpha value is -3.13. The van der Waals surface area contributed by atoms with Crippen molar-refractivity contribution in [2.24, 2.45) is 0 Å². The summed E-state index contributed by atoms with van der Waals surface area (Å²) in [7, 11) is 1.58. The molecule has 0 saturated heterocycles. The zero-order chi connectivity index (χ0) is 20.8. The van der Waals surface area contributed by atoms with Crippen molar-refractivity contribution in [2.45, 2.75) is 30.8 Å². The summed E-state index contributed by atoms with van der Waals surface area (Å²) in [6.07, 6.45) is 5.22. The van der Waals surface area contributed by atoms with Gasteiger partial charge in [-0.05, 0) is 43.7 Å². The molecule has 0 bridgehead atoms. The van der Waals surface area contributed by atoms with Crippen LogP contribution in [0, 0.1) is 6.92 Å². The molecule has 1 amide bonds. The number of amides is 1. The monoisotopic (exact) mass is 409 g/mol. The molecular weight excluding hydrogens is 386 g/mol. The summed E-state index contributed by atoms with van der Waals surface area (Å²) in [6.45, 7) is 8.14. The second-order valence-electron chi connectivity index (χ2n) is 6.40. The van der Waals surface area contributed by atoms with Gasteiger partial charge in [0.05, 0.1) is 18.0 Å². The van der Waals surface area contributed by atoms with E-state index in [0.29, 0.717) is 29.0 Å². The summed E-state index contributed by atoms with van der Waals surface area (Å²) in [5.41, 5.74) is 2.54. The summed E-state index contributed by atoms with van der Waals surface area (Å²) in [5, 5.41) is 11.8. The largest absolute Gasteiger partial charge is 0.495 e. The van der Waals surface area contributed by atoms with E-state index in [4.69, 9.17) is 4.74 Å². The molecule has 2 aromatic heterocycles. The van der Waals surface area contributed by atoms with E-state index < -0.39 is 5.25 Å². The van der Waals surface area contributed by atoms with Gasteiger partial charge in [-0.1, -0.05) is 23.9 Å². The third-order valence-corrected chi connectivity index (χ3v) is 5.29. The lowest BCUT2D eigenvalue weighted by atomic mass is 10.2. The number of nitrogens with zero attached hydrogens (tertiary/aromatic N) is 4. The first kappa shape index (κ1) is 20.6. The van der Waals surface area contributed by atoms with E-state index in [0.717, 1.165) is 11.1 Å². The van der Waals surface area contributed by atoms with Crippen LogP contribution < -0.4 is 10.1 Å². The summed E-state index contributed by atoms with van der Waals surface area (Å²) in [4.78, 5) is 16.9. The number of allylic oxidation sites excluding steroid dienone is 1. The van der Waals surface area contributed by atoms with Crippen LogP contribution in [0.2, 0.25) is 0 Å². The van der Waals surface area contributed by atoms with Crippen LogP contribution in [0.1, 0.15) is 12.5 Å². The van der Waals surface area contributed by atoms with Crippen molar-refractivity contribution in [3.8, 4) is 17.1 Å². The first-order valence-corrected chi connectivity index (χ1v) is 9.98. The highest BCUT2D eigenvalue weighted by Crippen LogP contribution is 2.29. The molecule has 0 radical (unpaired) electrons. The van der Waals surface area contributed by atoms with Gasteiger partial charge in [-0.15, -0.1) is 16.8 Å². The fourth-order valence-corrected chi connectivity index (χ4v) is 3.60. The fourth-order valence-electron chi connectivity index (χ4n) is 2.74. The smallest absolute Gasteiger partial charge is 0.237 e. The Morgan fingerprint density at radius 3 is 2.90 bits per heavy atom. The molecule has 8 heteroatoms. The topological polar surface area (TPSA) is 81.9 Å². The van der Waals surface area contributed by atoms with Crippen molar-refractivity contribution in [2.75, 3.05) is 12.4 Å². The molecule has 1 atom stereocenters. The Kier molecular flexibility index (Phi) is 6.66. The number of pyridine rings is 1. The molecule has 0 spiro atoms. The van der Waals surface area contributed by atoms with Crippen molar-refractivity contribution >= 4 is 23.4 Å². The third-order valence-electron chi connectivity index (χ3n) is 4.21. The number of benzene rings is 1. The number of methoxy groups -OCH3 is 1. The molecule has 0 aliphatic carbocycles. The maximum Gasteiger partial charge on any atom is 0.237 e. The van der Waals surface area contributed by atoms with Gasteiger partial charge >= 0.3 is 0 Å². The lowest BCUT2D eigenvalue weighted by Crippen LogP contribution is -2.23. The van der Waals surface area contributed by atoms with E-state index in [2.05, 4.69) is 27.1 Å². The second kappa shape index (κ2) is 9.38. The SMILES string of the molecule is C=CCn1c(S[C@@H](C)C(=O)Nc2cc(C)ccc2OC)nnc1-c1cccnc1. The number of thioether (sulfide) groups is 1. The molecule has 0 unspecified atom stereocenters. The standard InChI is InChI=1S/C21H23N5O2S/c1-5-11-26-19(16-7-6-10-22-13-16)24-25-21(26)29-15(3)20(27)23-17-12-14(2)8-9-18(17)28-4/h5-10,12-13,15H,1,11H2,2-4H3,(H,23,27)/t15-/m0/s1. The molecule has 3 aromatic rings. The van der Waals surface area contributed by atoms with Crippen molar-refractivity contribution in [3.05, 3.63) is 60.9 Å². The number of aromatic nitrogens is 4. The minimum atomic E-state index is -0.394. The van der Waals surface area contributed by atoms with Gasteiger partial charge in [0.15, 0.2) is 11.0 Å². The van der Waals surface area contributed by atoms with Crippen LogP contribution in [-0.2, 0) is 11.3 Å². The number of rotatable bonds is 8. The number of carbonyl (C=O) groups excluding carboxylic acids is 1. The molecule has 0 aliphatic heterocycles. The average Bonchev–Trinajstić information content (AvgIpc) is 3.11. The Bertz CT molecular complexity index is 1000. The molecule has 29 heavy (non-hydrogen) atoms. The lowest BCUT2D eigenvalue weighted by molar-refractivity contribution is -0.115. The van der Waals surface area contributed by atoms with E-state index in [1.165, 1.54) is 11.8 Å². The second-order valence-corrected chi connectivity index (χ2v) is 7.71. The van der Waals surface area contributed by atoms with Gasteiger partial charge in [0.1, 0.15) is 5.75 Å². The molecule has 150 valence electrons. The lowest BCUT2D eigenvalue weighted by Gasteiger charge is -2.15. The van der Waals surface area contributed by atoms with E-state index in [-0.39, 0.29) is 5.91 Å². The van der Waals surface area contributed by atoms with Crippen molar-refractivity contribution < 1.29 is 9.53 Å². The predicted octanol–water partition coefficient (Wildman–Crippen LogP) is 3.96. The van der Waals surface area contributed by atoms with Crippen LogP contribution in [0.3, 0.4) is 0 Å². The zero-order valence-corrected chi connectivity index (χ0v) is 17.4. The van der Waals surface area contributed by atoms with E-state index in [1.807, 2.05) is 48.7 Å². The van der Waals surface area contributed by atoms with E-state index in [1.54, 1.807) is 25.6 Å². The quantitative estimate of drug-likeness (QED) is 0.448. The fraction of sp³-hybridized carbons (Fsp3) is 0.238. The molecule has 1 N–H and O–H groups in total. The maximum absolute atomic E-state index is 12.8. The van der Waals surface area contributed by atoms with Gasteiger partial charge in [0.25, 0.3) is 0 Å². The average molecular weight is 410 g/mol. The highest BCUT2D eigenvalue weighted by Gasteiger charge is 2.21. The molecule has 0 fully saturated rings. The van der Waals surface area contributed by atoms with Crippen LogP contribution in [0.4, 0.5) is 5.69 Å². The van der Waals surface area contributed by atoms with Gasteiger partial charge in [-0.25, -0.2) is 0 Å². The van der Waals surface area contributed by atoms with E-state index >= 15 is 0 Å². The summed E-state index contributed by atoms with van der Waals surface area (Å²) < 4.78 is 7.26. The molecular formula is C21H23N5O2S. The third kappa shape index (κ3) is 4.83. The number of anilines is 1. The van der Waals surface area contributed by atoms with Crippen molar-refractivity contribution in [1.82, 2.24) is 19.7 Å². The highest BCUT2D eigenvalue weighted by atomic mass is 32.2. The van der Waals surface area contributed by atoms with Crippen molar-refractivity contribution in [1.29, 1.82) is 0 Å². The summed E-state index contributed by atoms with van der Waals surface area (Å²) >= 11 is 1.34. The van der Waals surface area contributed by atoms with Gasteiger partial charge < -0.3 is 10.1 Å². The molecule has 0 aliphatic rings. The van der Waals surface area contributed by atoms with Gasteiger partial charge in [0, 0.05) is 24.5 Å². The molecule has 3 rings (SSSR count). The molecule has 2 heterocycles. The Balaban J connectivity index is 1.79. The summed E-state index contributed by atoms with van der Waals surface area (Å²) in [6, 6.07) is 9.43. The Morgan fingerprint density at radius 2 is 2.21 bits per heavy atom. The molecule has 1 aromatic carbocycles. The van der Waals surface area contributed by atoms with Crippen LogP contribution >= 0.6 is 11.8 Å². The van der Waals surface area contributed by atoms with Gasteiger partial charge in [0.2, 0.25) is 5.91 Å². The number of hydrogen-bond donors (Lipinski definition) is 1. The first-order valence-electron chi connectivity index (χ1n) is 9.10. The van der Waals surface area contributed by atoms with Crippen LogP contribution in [0.5, 0.6) is 5.75 Å². The maximum atomic E-state index is 12.8. The summed E-state index contributed by atoms with van der Waals surface area (Å²) in [5.74, 6) is 1.17. The van der Waals surface area contributed by atoms with Gasteiger partial charge in [-0.2, -0.15) is 0 Å². The minimum absolute atomic E-state index is 0.144. The van der Waals surface area contributed by atoms with Crippen LogP contribution in [0.25, 0.3) is 11.4 Å². The number of hydrogen-bond acceptors (Lipinski definition) is 6. The van der Waals surface area contributed by atoms with Crippen LogP contribution in [-0.4, -0.2) is 38.0 Å². The van der Waals surface area contributed by atoms with Crippen molar-refractivity contribution in [3.63, 3.8) is 0 Å². The normalized spacial score (nSPS) is 11.7. The predicted molar refractivity (Wildman–Crippen MR) is 115 cm³/mol. The zero-order valence-electron chi connectivity index (χ0n) is 16.6.